The van der Waals surface area contributed by atoms with Crippen LogP contribution in [0.3, 0.4) is 0 Å². The Morgan fingerprint density at radius 3 is 2.38 bits per heavy atom. The number of nitrogens with zero attached hydrogens (tertiary/aromatic N) is 2. The molecule has 1 amide bonds. The molecule has 0 spiro atoms. The summed E-state index contributed by atoms with van der Waals surface area (Å²) in [6.45, 7) is 0.515. The smallest absolute Gasteiger partial charge is 0.255 e. The topological polar surface area (TPSA) is 77.3 Å². The van der Waals surface area contributed by atoms with Crippen LogP contribution in [-0.4, -0.2) is 16.0 Å². The quantitative estimate of drug-likeness (QED) is 0.515. The molecule has 3 aromatic carbocycles. The van der Waals surface area contributed by atoms with Crippen molar-refractivity contribution in [1.29, 1.82) is 0 Å². The third-order valence-corrected chi connectivity index (χ3v) is 4.27. The molecule has 6 nitrogen and oxygen atoms in total. The molecule has 4 rings (SSSR count). The zero-order chi connectivity index (χ0) is 19.9. The van der Waals surface area contributed by atoms with Gasteiger partial charge in [0.2, 0.25) is 11.7 Å². The van der Waals surface area contributed by atoms with Gasteiger partial charge in [0.05, 0.1) is 12.1 Å². The van der Waals surface area contributed by atoms with Gasteiger partial charge in [0.25, 0.3) is 5.91 Å². The average molecular weight is 385 g/mol. The number of amides is 1. The summed E-state index contributed by atoms with van der Waals surface area (Å²) in [7, 11) is 0. The normalized spacial score (nSPS) is 10.5. The number of rotatable bonds is 7. The third-order valence-electron chi connectivity index (χ3n) is 4.27. The summed E-state index contributed by atoms with van der Waals surface area (Å²) in [4.78, 5) is 17.0. The molecule has 0 radical (unpaired) electrons. The zero-order valence-electron chi connectivity index (χ0n) is 15.6. The van der Waals surface area contributed by atoms with Crippen LogP contribution in [0.15, 0.2) is 89.5 Å². The summed E-state index contributed by atoms with van der Waals surface area (Å²) in [6, 6.07) is 26.4. The van der Waals surface area contributed by atoms with Gasteiger partial charge in [-0.2, -0.15) is 4.98 Å². The number of hydrogen-bond donors (Lipinski definition) is 1. The van der Waals surface area contributed by atoms with Gasteiger partial charge in [0.1, 0.15) is 12.4 Å². The minimum atomic E-state index is -0.270. The van der Waals surface area contributed by atoms with Gasteiger partial charge >= 0.3 is 0 Å². The Labute approximate surface area is 168 Å². The van der Waals surface area contributed by atoms with Crippen molar-refractivity contribution in [3.05, 3.63) is 102 Å². The minimum Gasteiger partial charge on any atom is -0.488 e. The molecular formula is C23H19N3O3. The standard InChI is InChI=1S/C23H19N3O3/c27-23(24-15-21-25-22(26-29-21)18-11-5-2-6-12-18)19-13-7-8-14-20(19)28-16-17-9-3-1-4-10-17/h1-14H,15-16H2,(H,24,27). The highest BCUT2D eigenvalue weighted by Crippen LogP contribution is 2.20. The Kier molecular flexibility index (Phi) is 5.62. The minimum absolute atomic E-state index is 0.131. The van der Waals surface area contributed by atoms with Crippen LogP contribution in [0.2, 0.25) is 0 Å². The molecule has 1 aromatic heterocycles. The Morgan fingerprint density at radius 2 is 1.59 bits per heavy atom. The van der Waals surface area contributed by atoms with Gasteiger partial charge in [-0.1, -0.05) is 78.0 Å². The van der Waals surface area contributed by atoms with Crippen molar-refractivity contribution in [1.82, 2.24) is 15.5 Å². The first-order valence-electron chi connectivity index (χ1n) is 9.21. The molecular weight excluding hydrogens is 366 g/mol. The molecule has 0 unspecified atom stereocenters. The fourth-order valence-electron chi connectivity index (χ4n) is 2.80. The number of para-hydroxylation sites is 1. The first-order chi connectivity index (χ1) is 14.3. The van der Waals surface area contributed by atoms with Crippen molar-refractivity contribution in [2.75, 3.05) is 0 Å². The van der Waals surface area contributed by atoms with Crippen molar-refractivity contribution >= 4 is 5.91 Å². The largest absolute Gasteiger partial charge is 0.488 e. The number of benzene rings is 3. The van der Waals surface area contributed by atoms with Crippen LogP contribution in [-0.2, 0) is 13.2 Å². The molecule has 0 saturated heterocycles. The predicted molar refractivity (Wildman–Crippen MR) is 108 cm³/mol. The third kappa shape index (κ3) is 4.68. The van der Waals surface area contributed by atoms with E-state index in [1.54, 1.807) is 18.2 Å². The molecule has 1 N–H and O–H groups in total. The molecule has 144 valence electrons. The number of nitrogens with one attached hydrogen (secondary N) is 1. The van der Waals surface area contributed by atoms with Gasteiger partial charge in [-0.15, -0.1) is 0 Å². The predicted octanol–water partition coefficient (Wildman–Crippen LogP) is 4.25. The Bertz CT molecular complexity index is 1080. The van der Waals surface area contributed by atoms with Crippen LogP contribution in [0.5, 0.6) is 5.75 Å². The SMILES string of the molecule is O=C(NCc1nc(-c2ccccc2)no1)c1ccccc1OCc1ccccc1. The van der Waals surface area contributed by atoms with Crippen LogP contribution in [0.1, 0.15) is 21.8 Å². The Morgan fingerprint density at radius 1 is 0.897 bits per heavy atom. The van der Waals surface area contributed by atoms with Crippen LogP contribution in [0.4, 0.5) is 0 Å². The highest BCUT2D eigenvalue weighted by molar-refractivity contribution is 5.96. The summed E-state index contributed by atoms with van der Waals surface area (Å²) in [6.07, 6.45) is 0. The molecule has 1 heterocycles. The molecule has 0 bridgehead atoms. The lowest BCUT2D eigenvalue weighted by molar-refractivity contribution is 0.0941. The lowest BCUT2D eigenvalue weighted by Gasteiger charge is -2.11. The van der Waals surface area contributed by atoms with E-state index in [-0.39, 0.29) is 12.5 Å². The second kappa shape index (κ2) is 8.84. The van der Waals surface area contributed by atoms with Gasteiger partial charge < -0.3 is 14.6 Å². The molecule has 6 heteroatoms. The summed E-state index contributed by atoms with van der Waals surface area (Å²) in [5.41, 5.74) is 2.33. The maximum Gasteiger partial charge on any atom is 0.255 e. The van der Waals surface area contributed by atoms with E-state index in [2.05, 4.69) is 15.5 Å². The van der Waals surface area contributed by atoms with Crippen LogP contribution < -0.4 is 10.1 Å². The number of hydrogen-bond acceptors (Lipinski definition) is 5. The Balaban J connectivity index is 1.39. The van der Waals surface area contributed by atoms with E-state index in [0.717, 1.165) is 11.1 Å². The average Bonchev–Trinajstić information content (AvgIpc) is 3.27. The maximum atomic E-state index is 12.6. The highest BCUT2D eigenvalue weighted by Gasteiger charge is 2.14. The van der Waals surface area contributed by atoms with Crippen molar-refractivity contribution in [2.24, 2.45) is 0 Å². The van der Waals surface area contributed by atoms with Gasteiger partial charge in [-0.3, -0.25) is 4.79 Å². The molecule has 0 aliphatic carbocycles. The molecule has 0 aliphatic rings. The number of carbonyl (C=O) groups is 1. The van der Waals surface area contributed by atoms with Gasteiger partial charge in [-0.05, 0) is 17.7 Å². The summed E-state index contributed by atoms with van der Waals surface area (Å²) in [5, 5.41) is 6.76. The van der Waals surface area contributed by atoms with Crippen LogP contribution in [0, 0.1) is 0 Å². The number of aromatic nitrogens is 2. The lowest BCUT2D eigenvalue weighted by atomic mass is 10.2. The Hall–Kier alpha value is -3.93. The van der Waals surface area contributed by atoms with E-state index < -0.39 is 0 Å². The first-order valence-corrected chi connectivity index (χ1v) is 9.21. The van der Waals surface area contributed by atoms with Gasteiger partial charge in [0.15, 0.2) is 0 Å². The molecule has 0 saturated carbocycles. The van der Waals surface area contributed by atoms with Crippen LogP contribution >= 0.6 is 0 Å². The van der Waals surface area contributed by atoms with Crippen molar-refractivity contribution in [2.45, 2.75) is 13.2 Å². The van der Waals surface area contributed by atoms with E-state index in [0.29, 0.717) is 29.6 Å². The van der Waals surface area contributed by atoms with Crippen molar-refractivity contribution in [3.63, 3.8) is 0 Å². The molecule has 4 aromatic rings. The fourth-order valence-corrected chi connectivity index (χ4v) is 2.80. The maximum absolute atomic E-state index is 12.6. The van der Waals surface area contributed by atoms with Crippen molar-refractivity contribution < 1.29 is 14.1 Å². The number of ether oxygens (including phenoxy) is 1. The second-order valence-electron chi connectivity index (χ2n) is 6.33. The van der Waals surface area contributed by atoms with E-state index in [9.17, 15) is 4.79 Å². The summed E-state index contributed by atoms with van der Waals surface area (Å²) < 4.78 is 11.1. The van der Waals surface area contributed by atoms with E-state index in [1.807, 2.05) is 66.7 Å². The van der Waals surface area contributed by atoms with E-state index in [4.69, 9.17) is 9.26 Å². The molecule has 0 fully saturated rings. The van der Waals surface area contributed by atoms with E-state index >= 15 is 0 Å². The highest BCUT2D eigenvalue weighted by atomic mass is 16.5. The number of carbonyl (C=O) groups excluding carboxylic acids is 1. The van der Waals surface area contributed by atoms with Crippen molar-refractivity contribution in [3.8, 4) is 17.1 Å². The second-order valence-corrected chi connectivity index (χ2v) is 6.33. The monoisotopic (exact) mass is 385 g/mol. The van der Waals surface area contributed by atoms with Gasteiger partial charge in [-0.25, -0.2) is 0 Å². The molecule has 0 atom stereocenters. The van der Waals surface area contributed by atoms with Gasteiger partial charge in [0, 0.05) is 5.56 Å². The summed E-state index contributed by atoms with van der Waals surface area (Å²) >= 11 is 0. The lowest BCUT2D eigenvalue weighted by Crippen LogP contribution is -2.23. The first kappa shape index (κ1) is 18.4. The molecule has 29 heavy (non-hydrogen) atoms. The summed E-state index contributed by atoms with van der Waals surface area (Å²) in [5.74, 6) is 1.07. The zero-order valence-corrected chi connectivity index (χ0v) is 15.6. The molecule has 0 aliphatic heterocycles. The van der Waals surface area contributed by atoms with Crippen LogP contribution in [0.25, 0.3) is 11.4 Å². The fraction of sp³-hybridized carbons (Fsp3) is 0.0870. The van der Waals surface area contributed by atoms with E-state index in [1.165, 1.54) is 0 Å².